The van der Waals surface area contributed by atoms with Gasteiger partial charge in [-0.15, -0.1) is 11.3 Å². The van der Waals surface area contributed by atoms with E-state index >= 15 is 0 Å². The maximum Gasteiger partial charge on any atom is 0.272 e. The van der Waals surface area contributed by atoms with Gasteiger partial charge >= 0.3 is 0 Å². The van der Waals surface area contributed by atoms with Crippen LogP contribution in [0.1, 0.15) is 22.2 Å². The number of thiophene rings is 1. The first-order valence-electron chi connectivity index (χ1n) is 5.53. The lowest BCUT2D eigenvalue weighted by Gasteiger charge is -2.04. The Morgan fingerprint density at radius 3 is 2.65 bits per heavy atom. The molecule has 0 bridgehead atoms. The van der Waals surface area contributed by atoms with E-state index in [1.165, 1.54) is 17.4 Å². The van der Waals surface area contributed by atoms with Crippen LogP contribution in [0.4, 0.5) is 0 Å². The van der Waals surface area contributed by atoms with E-state index < -0.39 is 0 Å². The van der Waals surface area contributed by atoms with Crippen molar-refractivity contribution in [2.75, 3.05) is 0 Å². The lowest BCUT2D eigenvalue weighted by molar-refractivity contribution is 0.0955. The van der Waals surface area contributed by atoms with E-state index in [9.17, 15) is 4.79 Å². The Bertz CT molecular complexity index is 685. The second-order valence-electron chi connectivity index (χ2n) is 3.87. The Labute approximate surface area is 138 Å². The highest BCUT2D eigenvalue weighted by molar-refractivity contribution is 9.11. The van der Waals surface area contributed by atoms with Crippen LogP contribution in [0, 0.1) is 0 Å². The quantitative estimate of drug-likeness (QED) is 0.582. The largest absolute Gasteiger partial charge is 0.272 e. The van der Waals surface area contributed by atoms with Crippen LogP contribution in [0.25, 0.3) is 0 Å². The summed E-state index contributed by atoms with van der Waals surface area (Å²) >= 11 is 16.7. The normalized spacial score (nSPS) is 11.5. The number of hydrazone groups is 1. The van der Waals surface area contributed by atoms with Gasteiger partial charge in [-0.05, 0) is 53.2 Å². The van der Waals surface area contributed by atoms with E-state index in [-0.39, 0.29) is 5.91 Å². The number of hydrogen-bond donors (Lipinski definition) is 1. The molecule has 0 aliphatic carbocycles. The highest BCUT2D eigenvalue weighted by Gasteiger charge is 2.10. The predicted octanol–water partition coefficient (Wildman–Crippen LogP) is 4.97. The molecule has 0 unspecified atom stereocenters. The summed E-state index contributed by atoms with van der Waals surface area (Å²) < 4.78 is 1.01. The summed E-state index contributed by atoms with van der Waals surface area (Å²) in [6.07, 6.45) is 0. The average Bonchev–Trinajstić information content (AvgIpc) is 2.82. The van der Waals surface area contributed by atoms with Crippen molar-refractivity contribution in [3.05, 3.63) is 54.6 Å². The van der Waals surface area contributed by atoms with Gasteiger partial charge < -0.3 is 0 Å². The number of hydrogen-bond acceptors (Lipinski definition) is 3. The zero-order valence-electron chi connectivity index (χ0n) is 10.3. The van der Waals surface area contributed by atoms with Crippen LogP contribution < -0.4 is 5.43 Å². The molecule has 0 saturated heterocycles. The fraction of sp³-hybridized carbons (Fsp3) is 0.0769. The minimum atomic E-state index is -0.373. The van der Waals surface area contributed by atoms with Crippen LogP contribution in [-0.2, 0) is 0 Å². The molecule has 1 heterocycles. The molecule has 2 rings (SSSR count). The highest BCUT2D eigenvalue weighted by atomic mass is 79.9. The first-order chi connectivity index (χ1) is 9.47. The summed E-state index contributed by atoms with van der Waals surface area (Å²) in [4.78, 5) is 12.9. The van der Waals surface area contributed by atoms with E-state index in [4.69, 9.17) is 23.2 Å². The third kappa shape index (κ3) is 3.82. The smallest absolute Gasteiger partial charge is 0.267 e. The SMILES string of the molecule is C/C(=N\NC(=O)c1ccc(Cl)cc1Cl)c1ccc(Br)s1. The lowest BCUT2D eigenvalue weighted by atomic mass is 10.2. The Kier molecular flexibility index (Phi) is 5.21. The zero-order valence-corrected chi connectivity index (χ0v) is 14.2. The van der Waals surface area contributed by atoms with Gasteiger partial charge in [-0.3, -0.25) is 4.79 Å². The van der Waals surface area contributed by atoms with Gasteiger partial charge in [0, 0.05) is 5.02 Å². The van der Waals surface area contributed by atoms with Gasteiger partial charge in [0.25, 0.3) is 5.91 Å². The van der Waals surface area contributed by atoms with Gasteiger partial charge in [0.1, 0.15) is 0 Å². The molecule has 1 amide bonds. The van der Waals surface area contributed by atoms with Crippen molar-refractivity contribution in [2.45, 2.75) is 6.92 Å². The van der Waals surface area contributed by atoms with Crippen molar-refractivity contribution in [3.63, 3.8) is 0 Å². The predicted molar refractivity (Wildman–Crippen MR) is 88.2 cm³/mol. The first-order valence-corrected chi connectivity index (χ1v) is 7.89. The molecule has 1 aromatic carbocycles. The molecule has 3 nitrogen and oxygen atoms in total. The van der Waals surface area contributed by atoms with Gasteiger partial charge in [0.05, 0.1) is 25.0 Å². The number of benzene rings is 1. The van der Waals surface area contributed by atoms with Crippen molar-refractivity contribution in [3.8, 4) is 0 Å². The zero-order chi connectivity index (χ0) is 14.7. The third-order valence-corrected chi connectivity index (χ3v) is 4.71. The fourth-order valence-corrected chi connectivity index (χ4v) is 3.26. The maximum absolute atomic E-state index is 12.0. The minimum Gasteiger partial charge on any atom is -0.267 e. The molecule has 2 aromatic rings. The van der Waals surface area contributed by atoms with Gasteiger partial charge in [-0.25, -0.2) is 5.43 Å². The summed E-state index contributed by atoms with van der Waals surface area (Å²) in [6, 6.07) is 8.54. The second kappa shape index (κ2) is 6.72. The Balaban J connectivity index is 2.12. The molecule has 0 aliphatic rings. The lowest BCUT2D eigenvalue weighted by Crippen LogP contribution is -2.19. The summed E-state index contributed by atoms with van der Waals surface area (Å²) in [5, 5.41) is 4.84. The molecule has 1 aromatic heterocycles. The summed E-state index contributed by atoms with van der Waals surface area (Å²) in [7, 11) is 0. The molecule has 0 aliphatic heterocycles. The van der Waals surface area contributed by atoms with Crippen LogP contribution in [0.5, 0.6) is 0 Å². The van der Waals surface area contributed by atoms with Crippen LogP contribution in [-0.4, -0.2) is 11.6 Å². The fourth-order valence-electron chi connectivity index (χ4n) is 1.43. The number of nitrogens with zero attached hydrogens (tertiary/aromatic N) is 1. The Morgan fingerprint density at radius 1 is 1.30 bits per heavy atom. The van der Waals surface area contributed by atoms with E-state index in [1.54, 1.807) is 12.1 Å². The van der Waals surface area contributed by atoms with Crippen molar-refractivity contribution in [1.82, 2.24) is 5.43 Å². The summed E-state index contributed by atoms with van der Waals surface area (Å²) in [6.45, 7) is 1.82. The van der Waals surface area contributed by atoms with E-state index in [0.717, 1.165) is 14.4 Å². The number of carbonyl (C=O) groups excluding carboxylic acids is 1. The second-order valence-corrected chi connectivity index (χ2v) is 7.17. The summed E-state index contributed by atoms with van der Waals surface area (Å²) in [5.74, 6) is -0.373. The van der Waals surface area contributed by atoms with Crippen molar-refractivity contribution >= 4 is 62.1 Å². The molecule has 20 heavy (non-hydrogen) atoms. The van der Waals surface area contributed by atoms with Gasteiger partial charge in [-0.2, -0.15) is 5.10 Å². The highest BCUT2D eigenvalue weighted by Crippen LogP contribution is 2.23. The monoisotopic (exact) mass is 390 g/mol. The molecule has 7 heteroatoms. The van der Waals surface area contributed by atoms with Gasteiger partial charge in [0.2, 0.25) is 0 Å². The first kappa shape index (κ1) is 15.5. The Morgan fingerprint density at radius 2 is 2.05 bits per heavy atom. The molecular weight excluding hydrogens is 383 g/mol. The topological polar surface area (TPSA) is 41.5 Å². The molecule has 0 radical (unpaired) electrons. The number of halogens is 3. The van der Waals surface area contributed by atoms with Crippen molar-refractivity contribution in [2.24, 2.45) is 5.10 Å². The number of nitrogens with one attached hydrogen (secondary N) is 1. The van der Waals surface area contributed by atoms with Crippen LogP contribution >= 0.6 is 50.5 Å². The van der Waals surface area contributed by atoms with E-state index in [0.29, 0.717) is 15.6 Å². The number of amides is 1. The molecule has 1 N–H and O–H groups in total. The molecule has 0 spiro atoms. The number of carbonyl (C=O) groups is 1. The van der Waals surface area contributed by atoms with Crippen molar-refractivity contribution in [1.29, 1.82) is 0 Å². The summed E-state index contributed by atoms with van der Waals surface area (Å²) in [5.41, 5.74) is 3.53. The van der Waals surface area contributed by atoms with E-state index in [2.05, 4.69) is 26.5 Å². The average molecular weight is 392 g/mol. The van der Waals surface area contributed by atoms with Gasteiger partial charge in [0.15, 0.2) is 0 Å². The molecule has 0 fully saturated rings. The Hall–Kier alpha value is -0.880. The minimum absolute atomic E-state index is 0.293. The van der Waals surface area contributed by atoms with Crippen LogP contribution in [0.3, 0.4) is 0 Å². The molecule has 0 saturated carbocycles. The molecule has 104 valence electrons. The standard InChI is InChI=1S/C13H9BrCl2N2OS/c1-7(11-4-5-12(14)20-11)17-18-13(19)9-3-2-8(15)6-10(9)16/h2-6H,1H3,(H,18,19)/b17-7+. The van der Waals surface area contributed by atoms with Gasteiger partial charge in [-0.1, -0.05) is 23.2 Å². The van der Waals surface area contributed by atoms with Crippen molar-refractivity contribution < 1.29 is 4.79 Å². The van der Waals surface area contributed by atoms with Crippen LogP contribution in [0.2, 0.25) is 10.0 Å². The van der Waals surface area contributed by atoms with Crippen LogP contribution in [0.15, 0.2) is 39.2 Å². The van der Waals surface area contributed by atoms with E-state index in [1.807, 2.05) is 19.1 Å². The third-order valence-electron chi connectivity index (χ3n) is 2.43. The molecular formula is C13H9BrCl2N2OS. The maximum atomic E-state index is 12.0. The number of rotatable bonds is 3. The molecule has 0 atom stereocenters.